The maximum Gasteiger partial charge on any atom is 0.211 e. The van der Waals surface area contributed by atoms with E-state index in [0.29, 0.717) is 12.5 Å². The van der Waals surface area contributed by atoms with Crippen molar-refractivity contribution in [1.82, 2.24) is 5.32 Å². The Labute approximate surface area is 136 Å². The minimum atomic E-state index is -0.458. The first-order valence-corrected chi connectivity index (χ1v) is 8.04. The van der Waals surface area contributed by atoms with Crippen LogP contribution in [0.3, 0.4) is 0 Å². The Bertz CT molecular complexity index is 628. The van der Waals surface area contributed by atoms with Crippen LogP contribution in [0.25, 0.3) is 0 Å². The molecule has 4 heteroatoms. The molecule has 2 aromatic carbocycles. The molecule has 0 radical (unpaired) electrons. The summed E-state index contributed by atoms with van der Waals surface area (Å²) in [6.45, 7) is 0. The van der Waals surface area contributed by atoms with Crippen LogP contribution in [0.15, 0.2) is 54.6 Å². The molecular weight excluding hydrogens is 288 g/mol. The molecule has 2 aromatic rings. The summed E-state index contributed by atoms with van der Waals surface area (Å²) < 4.78 is 0. The predicted molar refractivity (Wildman–Crippen MR) is 91.2 cm³/mol. The number of anilines is 1. The monoisotopic (exact) mass is 310 g/mol. The summed E-state index contributed by atoms with van der Waals surface area (Å²) in [7, 11) is 0. The van der Waals surface area contributed by atoms with Crippen molar-refractivity contribution in [3.05, 3.63) is 65.7 Å². The number of hydrogen-bond acceptors (Lipinski definition) is 3. The number of aliphatic hydroxyl groups is 1. The smallest absolute Gasteiger partial charge is 0.211 e. The zero-order chi connectivity index (χ0) is 16.1. The van der Waals surface area contributed by atoms with Crippen LogP contribution in [0, 0.1) is 0 Å². The van der Waals surface area contributed by atoms with Gasteiger partial charge >= 0.3 is 0 Å². The second-order valence-electron chi connectivity index (χ2n) is 6.07. The molecule has 0 saturated carbocycles. The Morgan fingerprint density at radius 1 is 1.13 bits per heavy atom. The topological polar surface area (TPSA) is 61.4 Å². The van der Waals surface area contributed by atoms with E-state index < -0.39 is 6.10 Å². The third-order valence-electron chi connectivity index (χ3n) is 4.46. The molecule has 3 N–H and O–H groups in total. The van der Waals surface area contributed by atoms with Crippen LogP contribution in [-0.4, -0.2) is 23.6 Å². The standard InChI is InChI=1S/C19H22N2O2/c22-13-20-16-8-6-14(7-9-16)12-17-10-11-18(21-17)19(23)15-4-2-1-3-5-15/h1-9,13,17-19,21,23H,10-12H2,(H,20,22). The van der Waals surface area contributed by atoms with Crippen LogP contribution < -0.4 is 10.6 Å². The minimum Gasteiger partial charge on any atom is -0.387 e. The first-order valence-electron chi connectivity index (χ1n) is 8.04. The number of amides is 1. The number of hydrogen-bond donors (Lipinski definition) is 3. The van der Waals surface area contributed by atoms with Crippen molar-refractivity contribution in [2.45, 2.75) is 37.5 Å². The van der Waals surface area contributed by atoms with E-state index in [-0.39, 0.29) is 6.04 Å². The molecule has 0 aliphatic carbocycles. The molecule has 0 spiro atoms. The largest absolute Gasteiger partial charge is 0.387 e. The Kier molecular flexibility index (Phi) is 5.05. The van der Waals surface area contributed by atoms with Crippen LogP contribution in [-0.2, 0) is 11.2 Å². The number of benzene rings is 2. The first kappa shape index (κ1) is 15.7. The van der Waals surface area contributed by atoms with Gasteiger partial charge < -0.3 is 15.7 Å². The number of carbonyl (C=O) groups is 1. The normalized spacial score (nSPS) is 21.8. The third kappa shape index (κ3) is 3.97. The quantitative estimate of drug-likeness (QED) is 0.719. The fourth-order valence-corrected chi connectivity index (χ4v) is 3.23. The molecule has 1 saturated heterocycles. The minimum absolute atomic E-state index is 0.110. The Morgan fingerprint density at radius 3 is 2.57 bits per heavy atom. The summed E-state index contributed by atoms with van der Waals surface area (Å²) in [4.78, 5) is 10.4. The van der Waals surface area contributed by atoms with Crippen LogP contribution in [0.1, 0.15) is 30.1 Å². The van der Waals surface area contributed by atoms with Gasteiger partial charge in [-0.1, -0.05) is 42.5 Å². The Balaban J connectivity index is 1.56. The van der Waals surface area contributed by atoms with Crippen LogP contribution in [0.4, 0.5) is 5.69 Å². The molecule has 1 aliphatic rings. The van der Waals surface area contributed by atoms with Crippen LogP contribution >= 0.6 is 0 Å². The van der Waals surface area contributed by atoms with E-state index >= 15 is 0 Å². The van der Waals surface area contributed by atoms with Crippen molar-refractivity contribution < 1.29 is 9.90 Å². The lowest BCUT2D eigenvalue weighted by Gasteiger charge is -2.20. The van der Waals surface area contributed by atoms with E-state index in [1.807, 2.05) is 54.6 Å². The summed E-state index contributed by atoms with van der Waals surface area (Å²) in [6.07, 6.45) is 3.19. The molecule has 0 aromatic heterocycles. The molecule has 3 rings (SSSR count). The van der Waals surface area contributed by atoms with E-state index in [2.05, 4.69) is 10.6 Å². The van der Waals surface area contributed by atoms with Gasteiger partial charge in [-0.25, -0.2) is 0 Å². The average molecular weight is 310 g/mol. The van der Waals surface area contributed by atoms with Crippen molar-refractivity contribution in [3.8, 4) is 0 Å². The summed E-state index contributed by atoms with van der Waals surface area (Å²) in [5.74, 6) is 0. The van der Waals surface area contributed by atoms with E-state index in [0.717, 1.165) is 30.5 Å². The van der Waals surface area contributed by atoms with Gasteiger partial charge in [-0.2, -0.15) is 0 Å². The lowest BCUT2D eigenvalue weighted by molar-refractivity contribution is -0.105. The van der Waals surface area contributed by atoms with Crippen molar-refractivity contribution in [1.29, 1.82) is 0 Å². The van der Waals surface area contributed by atoms with E-state index in [1.165, 1.54) is 5.56 Å². The summed E-state index contributed by atoms with van der Waals surface area (Å²) >= 11 is 0. The highest BCUT2D eigenvalue weighted by Crippen LogP contribution is 2.26. The molecule has 1 fully saturated rings. The fraction of sp³-hybridized carbons (Fsp3) is 0.316. The van der Waals surface area contributed by atoms with Crippen molar-refractivity contribution in [2.24, 2.45) is 0 Å². The molecule has 3 atom stereocenters. The second kappa shape index (κ2) is 7.40. The molecule has 23 heavy (non-hydrogen) atoms. The van der Waals surface area contributed by atoms with Gasteiger partial charge in [0.25, 0.3) is 0 Å². The van der Waals surface area contributed by atoms with Gasteiger partial charge in [0.05, 0.1) is 6.10 Å². The zero-order valence-corrected chi connectivity index (χ0v) is 13.0. The maximum atomic E-state index is 10.5. The SMILES string of the molecule is O=CNc1ccc(CC2CCC(C(O)c3ccccc3)N2)cc1. The molecule has 4 nitrogen and oxygen atoms in total. The van der Waals surface area contributed by atoms with E-state index in [1.54, 1.807) is 0 Å². The second-order valence-corrected chi connectivity index (χ2v) is 6.07. The lowest BCUT2D eigenvalue weighted by atomic mass is 10.0. The van der Waals surface area contributed by atoms with Crippen molar-refractivity contribution >= 4 is 12.1 Å². The summed E-state index contributed by atoms with van der Waals surface area (Å²) in [5.41, 5.74) is 3.00. The molecule has 1 heterocycles. The molecule has 0 bridgehead atoms. The van der Waals surface area contributed by atoms with Crippen LogP contribution in [0.5, 0.6) is 0 Å². The van der Waals surface area contributed by atoms with Gasteiger partial charge in [-0.15, -0.1) is 0 Å². The lowest BCUT2D eigenvalue weighted by Crippen LogP contribution is -2.35. The van der Waals surface area contributed by atoms with Gasteiger partial charge in [0.1, 0.15) is 0 Å². The first-order chi connectivity index (χ1) is 11.3. The van der Waals surface area contributed by atoms with Gasteiger partial charge in [0.15, 0.2) is 0 Å². The molecule has 3 unspecified atom stereocenters. The summed E-state index contributed by atoms with van der Waals surface area (Å²) in [6, 6.07) is 18.2. The average Bonchev–Trinajstić information content (AvgIpc) is 3.05. The highest BCUT2D eigenvalue weighted by atomic mass is 16.3. The van der Waals surface area contributed by atoms with Gasteiger partial charge in [-0.05, 0) is 42.5 Å². The highest BCUT2D eigenvalue weighted by Gasteiger charge is 2.29. The highest BCUT2D eigenvalue weighted by molar-refractivity contribution is 5.71. The van der Waals surface area contributed by atoms with Gasteiger partial charge in [0.2, 0.25) is 6.41 Å². The predicted octanol–water partition coefficient (Wildman–Crippen LogP) is 2.65. The van der Waals surface area contributed by atoms with E-state index in [9.17, 15) is 9.90 Å². The molecule has 1 aliphatic heterocycles. The van der Waals surface area contributed by atoms with Crippen molar-refractivity contribution in [3.63, 3.8) is 0 Å². The number of rotatable bonds is 6. The number of carbonyl (C=O) groups excluding carboxylic acids is 1. The molecule has 1 amide bonds. The van der Waals surface area contributed by atoms with Gasteiger partial charge in [-0.3, -0.25) is 4.79 Å². The molecular formula is C19H22N2O2. The van der Waals surface area contributed by atoms with E-state index in [4.69, 9.17) is 0 Å². The summed E-state index contributed by atoms with van der Waals surface area (Å²) in [5, 5.41) is 16.7. The number of nitrogens with one attached hydrogen (secondary N) is 2. The Hall–Kier alpha value is -2.17. The molecule has 120 valence electrons. The Morgan fingerprint density at radius 2 is 1.87 bits per heavy atom. The number of aliphatic hydroxyl groups excluding tert-OH is 1. The van der Waals surface area contributed by atoms with Gasteiger partial charge in [0, 0.05) is 17.8 Å². The maximum absolute atomic E-state index is 10.5. The van der Waals surface area contributed by atoms with Crippen LogP contribution in [0.2, 0.25) is 0 Å². The van der Waals surface area contributed by atoms with Crippen molar-refractivity contribution in [2.75, 3.05) is 5.32 Å². The zero-order valence-electron chi connectivity index (χ0n) is 13.0. The fourth-order valence-electron chi connectivity index (χ4n) is 3.23. The third-order valence-corrected chi connectivity index (χ3v) is 4.46.